The summed E-state index contributed by atoms with van der Waals surface area (Å²) in [4.78, 5) is 0. The summed E-state index contributed by atoms with van der Waals surface area (Å²) in [6.07, 6.45) is 0. The molecule has 0 aromatic heterocycles. The Morgan fingerprint density at radius 2 is 1.56 bits per heavy atom. The number of hydrogen-bond acceptors (Lipinski definition) is 2. The first-order valence-electron chi connectivity index (χ1n) is 5.51. The molecule has 2 aromatic rings. The van der Waals surface area contributed by atoms with Crippen LogP contribution in [0.5, 0.6) is 11.5 Å². The van der Waals surface area contributed by atoms with Crippen molar-refractivity contribution in [1.82, 2.24) is 0 Å². The average Bonchev–Trinajstić information content (AvgIpc) is 2.37. The van der Waals surface area contributed by atoms with E-state index in [4.69, 9.17) is 21.1 Å². The summed E-state index contributed by atoms with van der Waals surface area (Å²) in [5.41, 5.74) is 0. The van der Waals surface area contributed by atoms with Gasteiger partial charge in [0.2, 0.25) is 0 Å². The van der Waals surface area contributed by atoms with Crippen LogP contribution in [0.4, 0.5) is 4.39 Å². The lowest BCUT2D eigenvalue weighted by molar-refractivity contribution is 0.217. The third-order valence-corrected chi connectivity index (χ3v) is 2.47. The normalized spacial score (nSPS) is 10.1. The van der Waals surface area contributed by atoms with Gasteiger partial charge < -0.3 is 9.47 Å². The molecule has 0 aliphatic carbocycles. The number of benzene rings is 2. The minimum atomic E-state index is -0.280. The topological polar surface area (TPSA) is 18.5 Å². The fourth-order valence-electron chi connectivity index (χ4n) is 1.41. The zero-order valence-corrected chi connectivity index (χ0v) is 10.4. The largest absolute Gasteiger partial charge is 0.490 e. The molecule has 0 heterocycles. The second-order valence-corrected chi connectivity index (χ2v) is 4.04. The van der Waals surface area contributed by atoms with Crippen LogP contribution in [0.1, 0.15) is 0 Å². The van der Waals surface area contributed by atoms with Crippen LogP contribution in [-0.4, -0.2) is 13.2 Å². The van der Waals surface area contributed by atoms with Gasteiger partial charge in [0.1, 0.15) is 30.5 Å². The van der Waals surface area contributed by atoms with E-state index in [9.17, 15) is 4.39 Å². The van der Waals surface area contributed by atoms with Crippen molar-refractivity contribution in [2.45, 2.75) is 0 Å². The van der Waals surface area contributed by atoms with Gasteiger partial charge in [0.05, 0.1) is 0 Å². The van der Waals surface area contributed by atoms with Gasteiger partial charge in [-0.2, -0.15) is 0 Å². The SMILES string of the molecule is Fc1ccc(OCCOc2cccc(Cl)c2)cc1. The van der Waals surface area contributed by atoms with E-state index in [0.29, 0.717) is 29.7 Å². The predicted molar refractivity (Wildman–Crippen MR) is 68.8 cm³/mol. The van der Waals surface area contributed by atoms with E-state index in [1.807, 2.05) is 12.1 Å². The Hall–Kier alpha value is -1.74. The fourth-order valence-corrected chi connectivity index (χ4v) is 1.59. The van der Waals surface area contributed by atoms with E-state index in [1.54, 1.807) is 24.3 Å². The van der Waals surface area contributed by atoms with Crippen LogP contribution in [0.15, 0.2) is 48.5 Å². The van der Waals surface area contributed by atoms with Crippen molar-refractivity contribution in [3.8, 4) is 11.5 Å². The van der Waals surface area contributed by atoms with Crippen molar-refractivity contribution in [2.75, 3.05) is 13.2 Å². The second kappa shape index (κ2) is 6.26. The molecule has 0 aliphatic rings. The van der Waals surface area contributed by atoms with Crippen molar-refractivity contribution in [1.29, 1.82) is 0 Å². The van der Waals surface area contributed by atoms with Crippen LogP contribution in [0.3, 0.4) is 0 Å². The molecule has 0 unspecified atom stereocenters. The Kier molecular flexibility index (Phi) is 4.42. The molecule has 4 heteroatoms. The zero-order valence-electron chi connectivity index (χ0n) is 9.61. The fraction of sp³-hybridized carbons (Fsp3) is 0.143. The third-order valence-electron chi connectivity index (χ3n) is 2.23. The highest BCUT2D eigenvalue weighted by atomic mass is 35.5. The van der Waals surface area contributed by atoms with Gasteiger partial charge in [-0.05, 0) is 42.5 Å². The van der Waals surface area contributed by atoms with Gasteiger partial charge in [0, 0.05) is 5.02 Å². The molecule has 18 heavy (non-hydrogen) atoms. The smallest absolute Gasteiger partial charge is 0.123 e. The van der Waals surface area contributed by atoms with Crippen LogP contribution in [0.25, 0.3) is 0 Å². The maximum absolute atomic E-state index is 12.6. The molecule has 0 N–H and O–H groups in total. The summed E-state index contributed by atoms with van der Waals surface area (Å²) < 4.78 is 23.5. The lowest BCUT2D eigenvalue weighted by Gasteiger charge is -2.08. The van der Waals surface area contributed by atoms with Gasteiger partial charge >= 0.3 is 0 Å². The molecule has 94 valence electrons. The monoisotopic (exact) mass is 266 g/mol. The number of hydrogen-bond donors (Lipinski definition) is 0. The summed E-state index contributed by atoms with van der Waals surface area (Å²) in [6.45, 7) is 0.788. The van der Waals surface area contributed by atoms with E-state index < -0.39 is 0 Å². The predicted octanol–water partition coefficient (Wildman–Crippen LogP) is 3.94. The minimum absolute atomic E-state index is 0.280. The Bertz CT molecular complexity index is 499. The maximum atomic E-state index is 12.6. The first-order chi connectivity index (χ1) is 8.74. The maximum Gasteiger partial charge on any atom is 0.123 e. The molecule has 0 radical (unpaired) electrons. The minimum Gasteiger partial charge on any atom is -0.490 e. The first kappa shape index (κ1) is 12.7. The van der Waals surface area contributed by atoms with Crippen LogP contribution < -0.4 is 9.47 Å². The molecule has 0 bridgehead atoms. The molecule has 0 aliphatic heterocycles. The quantitative estimate of drug-likeness (QED) is 0.763. The highest BCUT2D eigenvalue weighted by Gasteiger charge is 1.97. The summed E-state index contributed by atoms with van der Waals surface area (Å²) in [6, 6.07) is 13.0. The molecule has 0 amide bonds. The van der Waals surface area contributed by atoms with Gasteiger partial charge in [-0.25, -0.2) is 4.39 Å². The lowest BCUT2D eigenvalue weighted by atomic mass is 10.3. The molecule has 2 rings (SSSR count). The summed E-state index contributed by atoms with van der Waals surface area (Å²) in [7, 11) is 0. The second-order valence-electron chi connectivity index (χ2n) is 3.61. The Morgan fingerprint density at radius 3 is 2.22 bits per heavy atom. The van der Waals surface area contributed by atoms with Gasteiger partial charge in [-0.15, -0.1) is 0 Å². The van der Waals surface area contributed by atoms with E-state index in [-0.39, 0.29) is 5.82 Å². The molecule has 0 atom stereocenters. The highest BCUT2D eigenvalue weighted by molar-refractivity contribution is 6.30. The summed E-state index contributed by atoms with van der Waals surface area (Å²) in [5, 5.41) is 0.631. The van der Waals surface area contributed by atoms with E-state index in [0.717, 1.165) is 0 Å². The molecular formula is C14H12ClFO2. The van der Waals surface area contributed by atoms with Crippen molar-refractivity contribution < 1.29 is 13.9 Å². The van der Waals surface area contributed by atoms with Crippen LogP contribution in [-0.2, 0) is 0 Å². The highest BCUT2D eigenvalue weighted by Crippen LogP contribution is 2.17. The number of halogens is 2. The van der Waals surface area contributed by atoms with Crippen molar-refractivity contribution in [3.63, 3.8) is 0 Å². The number of ether oxygens (including phenoxy) is 2. The third kappa shape index (κ3) is 3.93. The van der Waals surface area contributed by atoms with Crippen molar-refractivity contribution in [2.24, 2.45) is 0 Å². The number of rotatable bonds is 5. The van der Waals surface area contributed by atoms with E-state index in [1.165, 1.54) is 12.1 Å². The Labute approximate surface area is 110 Å². The average molecular weight is 267 g/mol. The van der Waals surface area contributed by atoms with Gasteiger partial charge in [0.25, 0.3) is 0 Å². The summed E-state index contributed by atoms with van der Waals surface area (Å²) >= 11 is 5.82. The first-order valence-corrected chi connectivity index (χ1v) is 5.88. The van der Waals surface area contributed by atoms with Gasteiger partial charge in [0.15, 0.2) is 0 Å². The van der Waals surface area contributed by atoms with Gasteiger partial charge in [-0.3, -0.25) is 0 Å². The molecule has 0 fully saturated rings. The molecule has 0 spiro atoms. The van der Waals surface area contributed by atoms with Crippen LogP contribution >= 0.6 is 11.6 Å². The van der Waals surface area contributed by atoms with Crippen LogP contribution in [0.2, 0.25) is 5.02 Å². The van der Waals surface area contributed by atoms with E-state index >= 15 is 0 Å². The summed E-state index contributed by atoms with van der Waals surface area (Å²) in [5.74, 6) is 1.04. The molecule has 0 saturated carbocycles. The van der Waals surface area contributed by atoms with Crippen molar-refractivity contribution >= 4 is 11.6 Å². The van der Waals surface area contributed by atoms with Crippen molar-refractivity contribution in [3.05, 3.63) is 59.4 Å². The molecule has 2 aromatic carbocycles. The lowest BCUT2D eigenvalue weighted by Crippen LogP contribution is -2.08. The molecular weight excluding hydrogens is 255 g/mol. The Morgan fingerprint density at radius 1 is 0.889 bits per heavy atom. The molecule has 0 saturated heterocycles. The standard InChI is InChI=1S/C14H12ClFO2/c15-11-2-1-3-14(10-11)18-9-8-17-13-6-4-12(16)5-7-13/h1-7,10H,8-9H2. The zero-order chi connectivity index (χ0) is 12.8. The van der Waals surface area contributed by atoms with Gasteiger partial charge in [-0.1, -0.05) is 17.7 Å². The van der Waals surface area contributed by atoms with Crippen LogP contribution in [0, 0.1) is 5.82 Å². The molecule has 2 nitrogen and oxygen atoms in total. The Balaban J connectivity index is 1.74. The van der Waals surface area contributed by atoms with E-state index in [2.05, 4.69) is 0 Å².